The fraction of sp³-hybridized carbons (Fsp3) is 0.812. The zero-order chi connectivity index (χ0) is 12.8. The number of rotatable bonds is 12. The zero-order valence-corrected chi connectivity index (χ0v) is 11.8. The molecule has 0 saturated carbocycles. The van der Waals surface area contributed by atoms with Crippen LogP contribution >= 0.6 is 0 Å². The molecule has 1 unspecified atom stereocenters. The van der Waals surface area contributed by atoms with Crippen molar-refractivity contribution in [1.29, 1.82) is 0 Å². The van der Waals surface area contributed by atoms with Gasteiger partial charge in [0.15, 0.2) is 0 Å². The number of unbranched alkanes of at least 4 members (excludes halogenated alkanes) is 6. The van der Waals surface area contributed by atoms with Crippen molar-refractivity contribution in [2.24, 2.45) is 5.92 Å². The average Bonchev–Trinajstić information content (AvgIpc) is 2.35. The number of hydrogen-bond acceptors (Lipinski definition) is 1. The van der Waals surface area contributed by atoms with E-state index in [1.54, 1.807) is 6.08 Å². The molecule has 1 atom stereocenters. The molecular weight excluding hydrogens is 208 g/mol. The molecule has 17 heavy (non-hydrogen) atoms. The van der Waals surface area contributed by atoms with Crippen molar-refractivity contribution in [3.8, 4) is 0 Å². The summed E-state index contributed by atoms with van der Waals surface area (Å²) >= 11 is 0. The lowest BCUT2D eigenvalue weighted by atomic mass is 9.94. The van der Waals surface area contributed by atoms with Gasteiger partial charge in [0.2, 0.25) is 0 Å². The van der Waals surface area contributed by atoms with Crippen LogP contribution in [0.2, 0.25) is 0 Å². The van der Waals surface area contributed by atoms with Crippen LogP contribution in [-0.4, -0.2) is 6.29 Å². The maximum Gasteiger partial charge on any atom is 0.142 e. The Morgan fingerprint density at radius 3 is 1.94 bits per heavy atom. The number of aldehydes is 1. The van der Waals surface area contributed by atoms with Crippen molar-refractivity contribution in [2.45, 2.75) is 78.1 Å². The van der Waals surface area contributed by atoms with E-state index in [4.69, 9.17) is 0 Å². The van der Waals surface area contributed by atoms with E-state index in [2.05, 4.69) is 19.9 Å². The molecule has 0 aliphatic carbocycles. The van der Waals surface area contributed by atoms with Crippen LogP contribution in [0.3, 0.4) is 0 Å². The van der Waals surface area contributed by atoms with Gasteiger partial charge in [-0.15, -0.1) is 0 Å². The quantitative estimate of drug-likeness (QED) is 0.256. The minimum atomic E-state index is 0.633. The standard InChI is InChI=1S/C16H30O/c1-3-5-7-8-10-13-16(14-11-15-17)12-9-6-4-2/h11,14-16H,3-10,12-13H2,1-2H3. The Morgan fingerprint density at radius 1 is 0.824 bits per heavy atom. The van der Waals surface area contributed by atoms with Crippen molar-refractivity contribution in [3.63, 3.8) is 0 Å². The van der Waals surface area contributed by atoms with E-state index in [0.29, 0.717) is 5.92 Å². The van der Waals surface area contributed by atoms with Gasteiger partial charge in [0.25, 0.3) is 0 Å². The molecule has 0 radical (unpaired) electrons. The summed E-state index contributed by atoms with van der Waals surface area (Å²) < 4.78 is 0. The van der Waals surface area contributed by atoms with Crippen molar-refractivity contribution >= 4 is 6.29 Å². The van der Waals surface area contributed by atoms with Crippen molar-refractivity contribution in [1.82, 2.24) is 0 Å². The third kappa shape index (κ3) is 11.7. The van der Waals surface area contributed by atoms with Gasteiger partial charge in [-0.05, 0) is 24.8 Å². The van der Waals surface area contributed by atoms with Gasteiger partial charge in [-0.1, -0.05) is 71.3 Å². The van der Waals surface area contributed by atoms with E-state index in [0.717, 1.165) is 6.29 Å². The van der Waals surface area contributed by atoms with Crippen molar-refractivity contribution in [3.05, 3.63) is 12.2 Å². The second-order valence-corrected chi connectivity index (χ2v) is 4.98. The summed E-state index contributed by atoms with van der Waals surface area (Å²) in [5, 5.41) is 0. The Kier molecular flexibility index (Phi) is 13.0. The van der Waals surface area contributed by atoms with E-state index in [1.807, 2.05) is 0 Å². The van der Waals surface area contributed by atoms with E-state index in [-0.39, 0.29) is 0 Å². The molecular formula is C16H30O. The lowest BCUT2D eigenvalue weighted by molar-refractivity contribution is -0.104. The SMILES string of the molecule is CCCCCCCC(C=CC=O)CCCCC. The van der Waals surface area contributed by atoms with Crippen LogP contribution in [0.15, 0.2) is 12.2 Å². The van der Waals surface area contributed by atoms with Crippen LogP contribution in [-0.2, 0) is 4.79 Å². The molecule has 0 aliphatic heterocycles. The first kappa shape index (κ1) is 16.4. The van der Waals surface area contributed by atoms with Gasteiger partial charge in [-0.25, -0.2) is 0 Å². The van der Waals surface area contributed by atoms with Crippen LogP contribution in [0.1, 0.15) is 78.1 Å². The van der Waals surface area contributed by atoms with Crippen LogP contribution < -0.4 is 0 Å². The summed E-state index contributed by atoms with van der Waals surface area (Å²) in [6.07, 6.45) is 17.8. The summed E-state index contributed by atoms with van der Waals surface area (Å²) in [5.41, 5.74) is 0. The largest absolute Gasteiger partial charge is 0.299 e. The molecule has 100 valence electrons. The highest BCUT2D eigenvalue weighted by molar-refractivity contribution is 5.64. The Labute approximate surface area is 108 Å². The molecule has 0 aromatic rings. The summed E-state index contributed by atoms with van der Waals surface area (Å²) in [7, 11) is 0. The number of allylic oxidation sites excluding steroid dienone is 2. The first-order valence-electron chi connectivity index (χ1n) is 7.47. The number of carbonyl (C=O) groups is 1. The summed E-state index contributed by atoms with van der Waals surface area (Å²) in [6.45, 7) is 4.49. The van der Waals surface area contributed by atoms with Gasteiger partial charge < -0.3 is 0 Å². The van der Waals surface area contributed by atoms with Gasteiger partial charge in [0.1, 0.15) is 6.29 Å². The van der Waals surface area contributed by atoms with Crippen molar-refractivity contribution < 1.29 is 4.79 Å². The molecule has 0 amide bonds. The highest BCUT2D eigenvalue weighted by Gasteiger charge is 2.04. The predicted molar refractivity (Wildman–Crippen MR) is 76.2 cm³/mol. The van der Waals surface area contributed by atoms with Gasteiger partial charge in [0.05, 0.1) is 0 Å². The minimum absolute atomic E-state index is 0.633. The van der Waals surface area contributed by atoms with Crippen LogP contribution in [0.5, 0.6) is 0 Å². The fourth-order valence-corrected chi connectivity index (χ4v) is 2.21. The molecule has 1 nitrogen and oxygen atoms in total. The molecule has 0 spiro atoms. The minimum Gasteiger partial charge on any atom is -0.299 e. The van der Waals surface area contributed by atoms with Crippen LogP contribution in [0.4, 0.5) is 0 Å². The highest BCUT2D eigenvalue weighted by Crippen LogP contribution is 2.19. The zero-order valence-electron chi connectivity index (χ0n) is 11.8. The van der Waals surface area contributed by atoms with Crippen LogP contribution in [0, 0.1) is 5.92 Å². The van der Waals surface area contributed by atoms with Gasteiger partial charge in [-0.2, -0.15) is 0 Å². The maximum atomic E-state index is 10.4. The second kappa shape index (κ2) is 13.5. The Balaban J connectivity index is 3.68. The third-order valence-electron chi connectivity index (χ3n) is 3.32. The molecule has 0 aromatic heterocycles. The normalized spacial score (nSPS) is 13.1. The molecule has 0 heterocycles. The average molecular weight is 238 g/mol. The lowest BCUT2D eigenvalue weighted by Gasteiger charge is -2.12. The monoisotopic (exact) mass is 238 g/mol. The highest BCUT2D eigenvalue weighted by atomic mass is 16.1. The summed E-state index contributed by atoms with van der Waals surface area (Å²) in [6, 6.07) is 0. The Morgan fingerprint density at radius 2 is 1.35 bits per heavy atom. The summed E-state index contributed by atoms with van der Waals surface area (Å²) in [4.78, 5) is 10.4. The van der Waals surface area contributed by atoms with E-state index in [9.17, 15) is 4.79 Å². The molecule has 0 aliphatic rings. The topological polar surface area (TPSA) is 17.1 Å². The molecule has 1 heteroatoms. The Bertz CT molecular complexity index is 184. The maximum absolute atomic E-state index is 10.4. The van der Waals surface area contributed by atoms with Crippen molar-refractivity contribution in [2.75, 3.05) is 0 Å². The third-order valence-corrected chi connectivity index (χ3v) is 3.32. The first-order valence-corrected chi connectivity index (χ1v) is 7.47. The smallest absolute Gasteiger partial charge is 0.142 e. The van der Waals surface area contributed by atoms with Gasteiger partial charge >= 0.3 is 0 Å². The molecule has 0 aromatic carbocycles. The fourth-order valence-electron chi connectivity index (χ4n) is 2.21. The molecule has 0 saturated heterocycles. The summed E-state index contributed by atoms with van der Waals surface area (Å²) in [5.74, 6) is 0.633. The second-order valence-electron chi connectivity index (χ2n) is 4.98. The van der Waals surface area contributed by atoms with Gasteiger partial charge in [0, 0.05) is 0 Å². The first-order chi connectivity index (χ1) is 8.35. The van der Waals surface area contributed by atoms with E-state index >= 15 is 0 Å². The van der Waals surface area contributed by atoms with Gasteiger partial charge in [-0.3, -0.25) is 4.79 Å². The Hall–Kier alpha value is -0.590. The molecule has 0 N–H and O–H groups in total. The predicted octanol–water partition coefficient (Wildman–Crippen LogP) is 5.30. The number of carbonyl (C=O) groups excluding carboxylic acids is 1. The molecule has 0 bridgehead atoms. The lowest BCUT2D eigenvalue weighted by Crippen LogP contribution is -1.97. The molecule has 0 fully saturated rings. The van der Waals surface area contributed by atoms with E-state index < -0.39 is 0 Å². The van der Waals surface area contributed by atoms with Crippen LogP contribution in [0.25, 0.3) is 0 Å². The van der Waals surface area contributed by atoms with E-state index in [1.165, 1.54) is 64.2 Å². The number of hydrogen-bond donors (Lipinski definition) is 0. The molecule has 0 rings (SSSR count).